The summed E-state index contributed by atoms with van der Waals surface area (Å²) in [5.41, 5.74) is 5.16. The molecule has 0 spiro atoms. The van der Waals surface area contributed by atoms with Crippen molar-refractivity contribution in [2.75, 3.05) is 0 Å². The number of para-hydroxylation sites is 1. The van der Waals surface area contributed by atoms with Crippen LogP contribution < -0.4 is 4.57 Å². The number of aryl methyl sites for hydroxylation is 1. The molecule has 0 aliphatic carbocycles. The van der Waals surface area contributed by atoms with Crippen LogP contribution in [0.3, 0.4) is 0 Å². The molecule has 1 aliphatic rings. The van der Waals surface area contributed by atoms with E-state index in [0.29, 0.717) is 5.56 Å². The summed E-state index contributed by atoms with van der Waals surface area (Å²) in [6.07, 6.45) is 2.54. The molecule has 0 amide bonds. The van der Waals surface area contributed by atoms with Crippen molar-refractivity contribution in [2.45, 2.75) is 45.1 Å². The molecule has 3 aromatic carbocycles. The highest BCUT2D eigenvalue weighted by molar-refractivity contribution is 5.94. The lowest BCUT2D eigenvalue weighted by molar-refractivity contribution is -0.661. The van der Waals surface area contributed by atoms with Crippen LogP contribution in [0.15, 0.2) is 72.8 Å². The highest BCUT2D eigenvalue weighted by atomic mass is 19.1. The highest BCUT2D eigenvalue weighted by Crippen LogP contribution is 2.45. The molecule has 1 aliphatic heterocycles. The van der Waals surface area contributed by atoms with Gasteiger partial charge >= 0.3 is 0 Å². The average molecular weight is 415 g/mol. The third-order valence-electron chi connectivity index (χ3n) is 7.19. The molecule has 0 bridgehead atoms. The van der Waals surface area contributed by atoms with Crippen LogP contribution in [0.2, 0.25) is 0 Å². The zero-order valence-electron chi connectivity index (χ0n) is 18.0. The van der Waals surface area contributed by atoms with E-state index in [9.17, 15) is 4.39 Å². The molecule has 2 heterocycles. The Bertz CT molecular complexity index is 1270. The fourth-order valence-corrected chi connectivity index (χ4v) is 5.36. The number of hydrogen-bond donors (Lipinski definition) is 0. The van der Waals surface area contributed by atoms with Gasteiger partial charge in [-0.25, -0.2) is 8.78 Å². The topological polar surface area (TPSA) is 3.88 Å². The van der Waals surface area contributed by atoms with E-state index in [1.807, 2.05) is 30.3 Å². The van der Waals surface area contributed by atoms with Crippen LogP contribution in [0.5, 0.6) is 0 Å². The van der Waals surface area contributed by atoms with Crippen LogP contribution in [0.25, 0.3) is 33.3 Å². The summed E-state index contributed by atoms with van der Waals surface area (Å²) >= 11 is 0. The van der Waals surface area contributed by atoms with Crippen molar-refractivity contribution in [1.82, 2.24) is 0 Å². The Morgan fingerprint density at radius 1 is 0.871 bits per heavy atom. The largest absolute Gasteiger partial charge is 0.216 e. The van der Waals surface area contributed by atoms with Gasteiger partial charge in [-0.1, -0.05) is 56.3 Å². The Morgan fingerprint density at radius 3 is 2.32 bits per heavy atom. The summed E-state index contributed by atoms with van der Waals surface area (Å²) in [5, 5.41) is 1.14. The quantitative estimate of drug-likeness (QED) is 0.312. The van der Waals surface area contributed by atoms with Gasteiger partial charge in [0.1, 0.15) is 11.6 Å². The fourth-order valence-electron chi connectivity index (χ4n) is 5.36. The van der Waals surface area contributed by atoms with Crippen LogP contribution in [0.4, 0.5) is 8.78 Å². The van der Waals surface area contributed by atoms with Gasteiger partial charge in [0.15, 0.2) is 6.54 Å². The van der Waals surface area contributed by atoms with Gasteiger partial charge in [0.25, 0.3) is 0 Å². The summed E-state index contributed by atoms with van der Waals surface area (Å²) in [5.74, 6) is -0.980. The first-order valence-corrected chi connectivity index (χ1v) is 11.1. The molecule has 0 fully saturated rings. The Morgan fingerprint density at radius 2 is 1.58 bits per heavy atom. The smallest absolute Gasteiger partial charge is 0.207 e. The molecule has 0 N–H and O–H groups in total. The third-order valence-corrected chi connectivity index (χ3v) is 7.19. The van der Waals surface area contributed by atoms with Gasteiger partial charge < -0.3 is 0 Å². The van der Waals surface area contributed by atoms with Crippen LogP contribution in [-0.4, -0.2) is 0 Å². The first-order chi connectivity index (χ1) is 15.1. The molecule has 0 radical (unpaired) electrons. The van der Waals surface area contributed by atoms with E-state index < -0.39 is 11.6 Å². The maximum absolute atomic E-state index is 15.5. The van der Waals surface area contributed by atoms with Crippen LogP contribution >= 0.6 is 0 Å². The number of fused-ring (bicyclic) bond motifs is 5. The summed E-state index contributed by atoms with van der Waals surface area (Å²) in [7, 11) is 0. The summed E-state index contributed by atoms with van der Waals surface area (Å²) in [6.45, 7) is 5.02. The molecule has 0 saturated heterocycles. The minimum absolute atomic E-state index is 0.252. The van der Waals surface area contributed by atoms with E-state index in [-0.39, 0.29) is 5.41 Å². The lowest BCUT2D eigenvalue weighted by Crippen LogP contribution is -2.38. The third kappa shape index (κ3) is 3.06. The minimum Gasteiger partial charge on any atom is -0.207 e. The van der Waals surface area contributed by atoms with Gasteiger partial charge in [0.05, 0.1) is 10.9 Å². The summed E-state index contributed by atoms with van der Waals surface area (Å²) in [6, 6.07) is 23.2. The predicted molar refractivity (Wildman–Crippen MR) is 122 cm³/mol. The van der Waals surface area contributed by atoms with Gasteiger partial charge in [0.2, 0.25) is 11.2 Å². The van der Waals surface area contributed by atoms with Crippen molar-refractivity contribution in [3.05, 3.63) is 90.0 Å². The second kappa shape index (κ2) is 7.56. The molecule has 5 rings (SSSR count). The lowest BCUT2D eigenvalue weighted by atomic mass is 9.71. The Hall–Kier alpha value is -3.07. The Kier molecular flexibility index (Phi) is 4.85. The first-order valence-electron chi connectivity index (χ1n) is 11.1. The number of nitrogens with zero attached hydrogens (tertiary/aromatic N) is 1. The van der Waals surface area contributed by atoms with Gasteiger partial charge in [-0.05, 0) is 36.1 Å². The molecule has 4 aromatic rings. The Labute approximate surface area is 182 Å². The normalized spacial score (nSPS) is 14.7. The number of benzene rings is 3. The minimum atomic E-state index is -0.500. The molecular formula is C28H26F2N+. The van der Waals surface area contributed by atoms with E-state index in [2.05, 4.69) is 48.7 Å². The van der Waals surface area contributed by atoms with Gasteiger partial charge in [-0.3, -0.25) is 0 Å². The molecule has 31 heavy (non-hydrogen) atoms. The standard InChI is InChI=1S/C28H26F2N/c1-3-28(4-2)14-15-31-25-13-9-8-12-21(25)22(19-10-6-5-7-11-19)18-26(31)27-23(28)16-20(29)17-24(27)30/h5-13,16-18H,3-4,14-15H2,1-2H3/q+1. The second-order valence-corrected chi connectivity index (χ2v) is 8.53. The maximum Gasteiger partial charge on any atom is 0.216 e. The van der Waals surface area contributed by atoms with E-state index >= 15 is 4.39 Å². The zero-order chi connectivity index (χ0) is 21.6. The van der Waals surface area contributed by atoms with Gasteiger partial charge in [-0.15, -0.1) is 0 Å². The molecule has 3 heteroatoms. The predicted octanol–water partition coefficient (Wildman–Crippen LogP) is 7.20. The molecule has 0 saturated carbocycles. The number of hydrogen-bond acceptors (Lipinski definition) is 0. The summed E-state index contributed by atoms with van der Waals surface area (Å²) in [4.78, 5) is 0. The van der Waals surface area contributed by atoms with Crippen LogP contribution in [-0.2, 0) is 12.0 Å². The number of rotatable bonds is 3. The zero-order valence-corrected chi connectivity index (χ0v) is 18.0. The van der Waals surface area contributed by atoms with Crippen molar-refractivity contribution in [2.24, 2.45) is 0 Å². The Balaban J connectivity index is 1.92. The fraction of sp³-hybridized carbons (Fsp3) is 0.250. The number of aromatic nitrogens is 1. The molecule has 1 nitrogen and oxygen atoms in total. The van der Waals surface area contributed by atoms with Crippen molar-refractivity contribution < 1.29 is 13.3 Å². The molecule has 156 valence electrons. The molecule has 1 aromatic heterocycles. The van der Waals surface area contributed by atoms with Crippen molar-refractivity contribution in [3.8, 4) is 22.4 Å². The average Bonchev–Trinajstić information content (AvgIpc) is 2.94. The molecular weight excluding hydrogens is 388 g/mol. The highest BCUT2D eigenvalue weighted by Gasteiger charge is 2.40. The van der Waals surface area contributed by atoms with E-state index in [0.717, 1.165) is 65.2 Å². The summed E-state index contributed by atoms with van der Waals surface area (Å²) < 4.78 is 32.1. The van der Waals surface area contributed by atoms with Crippen molar-refractivity contribution in [1.29, 1.82) is 0 Å². The lowest BCUT2D eigenvalue weighted by Gasteiger charge is -2.31. The van der Waals surface area contributed by atoms with Gasteiger partial charge in [-0.2, -0.15) is 4.57 Å². The SMILES string of the molecule is CCC1(CC)CC[n+]2c(cc(-c3ccccc3)c3ccccc32)-c2c(F)cc(F)cc21. The first kappa shape index (κ1) is 19.9. The number of halogens is 2. The molecule has 0 atom stereocenters. The van der Waals surface area contributed by atoms with Gasteiger partial charge in [0, 0.05) is 35.6 Å². The number of pyridine rings is 1. The van der Waals surface area contributed by atoms with E-state index in [1.165, 1.54) is 0 Å². The van der Waals surface area contributed by atoms with E-state index in [4.69, 9.17) is 0 Å². The van der Waals surface area contributed by atoms with Crippen molar-refractivity contribution >= 4 is 10.9 Å². The maximum atomic E-state index is 15.5. The van der Waals surface area contributed by atoms with Crippen LogP contribution in [0.1, 0.15) is 38.7 Å². The monoisotopic (exact) mass is 414 g/mol. The van der Waals surface area contributed by atoms with E-state index in [1.54, 1.807) is 6.07 Å². The second-order valence-electron chi connectivity index (χ2n) is 8.53. The van der Waals surface area contributed by atoms with Crippen LogP contribution in [0, 0.1) is 11.6 Å². The molecule has 0 unspecified atom stereocenters. The van der Waals surface area contributed by atoms with Crippen molar-refractivity contribution in [3.63, 3.8) is 0 Å².